The Kier molecular flexibility index (Phi) is 7.12. The molecule has 6 nitrogen and oxygen atoms in total. The number of benzene rings is 7. The first-order valence-electron chi connectivity index (χ1n) is 19.4. The topological polar surface area (TPSA) is 46.1 Å². The number of aromatic nitrogens is 4. The van der Waals surface area contributed by atoms with Crippen LogP contribution >= 0.6 is 0 Å². The van der Waals surface area contributed by atoms with Crippen molar-refractivity contribution in [2.24, 2.45) is 7.05 Å². The van der Waals surface area contributed by atoms with E-state index in [4.69, 9.17) is 14.5 Å². The molecule has 0 saturated carbocycles. The molecule has 58 heavy (non-hydrogen) atoms. The number of pyridine rings is 1. The van der Waals surface area contributed by atoms with Crippen molar-refractivity contribution in [3.05, 3.63) is 202 Å². The first kappa shape index (κ1) is 33.4. The maximum absolute atomic E-state index is 6.74. The van der Waals surface area contributed by atoms with E-state index in [1.165, 1.54) is 27.8 Å². The molecule has 0 amide bonds. The van der Waals surface area contributed by atoms with Crippen LogP contribution in [0.4, 0.5) is 0 Å². The first-order chi connectivity index (χ1) is 28.5. The molecule has 2 aliphatic rings. The van der Waals surface area contributed by atoms with Crippen LogP contribution in [0.1, 0.15) is 27.8 Å². The van der Waals surface area contributed by atoms with Gasteiger partial charge in [-0.2, -0.15) is 0 Å². The van der Waals surface area contributed by atoms with E-state index in [9.17, 15) is 0 Å². The van der Waals surface area contributed by atoms with Gasteiger partial charge in [0.25, 0.3) is 0 Å². The van der Waals surface area contributed by atoms with E-state index in [0.29, 0.717) is 0 Å². The van der Waals surface area contributed by atoms with Crippen molar-refractivity contribution < 1.29 is 28.8 Å². The summed E-state index contributed by atoms with van der Waals surface area (Å²) in [4.78, 5) is 4.98. The molecule has 1 aliphatic carbocycles. The number of nitrogens with zero attached hydrogens (tertiary/aromatic N) is 4. The van der Waals surface area contributed by atoms with Crippen LogP contribution in [0.15, 0.2) is 170 Å². The molecule has 12 rings (SSSR count). The van der Waals surface area contributed by atoms with Crippen molar-refractivity contribution in [3.63, 3.8) is 0 Å². The van der Waals surface area contributed by atoms with E-state index >= 15 is 0 Å². The normalized spacial score (nSPS) is 13.4. The summed E-state index contributed by atoms with van der Waals surface area (Å²) < 4.78 is 21.3. The number of ether oxygens (including phenoxy) is 2. The number of aryl methyl sites for hydroxylation is 2. The van der Waals surface area contributed by atoms with Gasteiger partial charge in [-0.15, -0.1) is 0 Å². The van der Waals surface area contributed by atoms with Gasteiger partial charge in [0, 0.05) is 17.3 Å². The summed E-state index contributed by atoms with van der Waals surface area (Å²) in [5, 5.41) is 2.29. The molecular weight excluding hydrogens is 896 g/mol. The van der Waals surface area contributed by atoms with Gasteiger partial charge >= 0.3 is 194 Å². The minimum absolute atomic E-state index is 0.577. The van der Waals surface area contributed by atoms with Crippen LogP contribution in [0.25, 0.3) is 55.5 Å². The summed E-state index contributed by atoms with van der Waals surface area (Å²) >= 11 is 2.40. The molecule has 0 radical (unpaired) electrons. The predicted molar refractivity (Wildman–Crippen MR) is 226 cm³/mol. The van der Waals surface area contributed by atoms with E-state index in [0.717, 1.165) is 82.3 Å². The van der Waals surface area contributed by atoms with Gasteiger partial charge < -0.3 is 4.74 Å². The SMILES string of the molecule is Cc1ccnc(-n2c3cc(Oc4cccc(-n5[c](=[Pt])n(C)c6ccccc65)c4)ccc3c3cc4c(cc32)C2(c3ccccc3Oc3ccccc32)c2ccccc2-4)c1. The van der Waals surface area contributed by atoms with E-state index in [-0.39, 0.29) is 0 Å². The van der Waals surface area contributed by atoms with Gasteiger partial charge in [-0.1, -0.05) is 60.7 Å². The number of rotatable bonds is 4. The molecule has 280 valence electrons. The fourth-order valence-corrected chi connectivity index (χ4v) is 10.5. The zero-order chi connectivity index (χ0) is 38.7. The Hall–Kier alpha value is -6.75. The fraction of sp³-hybridized carbons (Fsp3) is 0.0588. The van der Waals surface area contributed by atoms with Gasteiger partial charge in [0.05, 0.1) is 5.41 Å². The standard InChI is InChI=1S/C51H34N4O2.Pt/c1-32-24-25-52-50(26-32)55-46-28-35(56-34-13-11-12-33(27-34)54-31-53(2)44-18-7-8-19-45(44)54)22-23-37(46)39-29-38-36-14-3-4-15-40(36)51(43(38)30-47(39)55)41-16-5-9-20-48(41)57-49-21-10-6-17-42(49)51;/h3-30H,1-2H3;. The Bertz CT molecular complexity index is 3380. The molecule has 0 saturated heterocycles. The van der Waals surface area contributed by atoms with Crippen molar-refractivity contribution in [1.29, 1.82) is 0 Å². The molecule has 0 bridgehead atoms. The van der Waals surface area contributed by atoms with Crippen LogP contribution in [0.5, 0.6) is 23.0 Å². The Balaban J connectivity index is 1.09. The van der Waals surface area contributed by atoms with Crippen molar-refractivity contribution in [2.75, 3.05) is 0 Å². The van der Waals surface area contributed by atoms with Gasteiger partial charge in [-0.05, 0) is 52.9 Å². The Morgan fingerprint density at radius 3 is 2.03 bits per heavy atom. The second-order valence-corrected chi connectivity index (χ2v) is 16.3. The molecule has 0 N–H and O–H groups in total. The van der Waals surface area contributed by atoms with Gasteiger partial charge in [-0.25, -0.2) is 0 Å². The van der Waals surface area contributed by atoms with Crippen LogP contribution in [0.2, 0.25) is 0 Å². The molecule has 4 heterocycles. The van der Waals surface area contributed by atoms with Crippen LogP contribution in [0, 0.1) is 10.7 Å². The predicted octanol–water partition coefficient (Wildman–Crippen LogP) is 12.1. The number of para-hydroxylation sites is 4. The third-order valence-electron chi connectivity index (χ3n) is 12.1. The van der Waals surface area contributed by atoms with Crippen molar-refractivity contribution in [3.8, 4) is 45.6 Å². The number of imidazole rings is 1. The molecule has 0 fully saturated rings. The minimum Gasteiger partial charge on any atom is -0.457 e. The molecular formula is C51H34N4O2Pt. The summed E-state index contributed by atoms with van der Waals surface area (Å²) in [5.74, 6) is 4.13. The molecule has 1 spiro atoms. The third kappa shape index (κ3) is 4.58. The summed E-state index contributed by atoms with van der Waals surface area (Å²) in [6.45, 7) is 2.12. The second-order valence-electron chi connectivity index (χ2n) is 15.2. The molecule has 7 aromatic carbocycles. The molecule has 10 aromatic rings. The zero-order valence-electron chi connectivity index (χ0n) is 31.6. The Morgan fingerprint density at radius 2 is 1.24 bits per heavy atom. The number of hydrogen-bond acceptors (Lipinski definition) is 3. The van der Waals surface area contributed by atoms with Crippen LogP contribution in [0.3, 0.4) is 0 Å². The first-order valence-corrected chi connectivity index (χ1v) is 20.6. The third-order valence-corrected chi connectivity index (χ3v) is 13.3. The average Bonchev–Trinajstić information content (AvgIpc) is 3.82. The Labute approximate surface area is 345 Å². The van der Waals surface area contributed by atoms with Crippen LogP contribution in [-0.4, -0.2) is 18.7 Å². The molecule has 0 unspecified atom stereocenters. The number of hydrogen-bond donors (Lipinski definition) is 0. The summed E-state index contributed by atoms with van der Waals surface area (Å²) in [5.41, 5.74) is 13.3. The summed E-state index contributed by atoms with van der Waals surface area (Å²) in [6.07, 6.45) is 1.90. The molecule has 0 atom stereocenters. The van der Waals surface area contributed by atoms with E-state index in [2.05, 4.69) is 199 Å². The Morgan fingerprint density at radius 1 is 0.552 bits per heavy atom. The molecule has 1 aliphatic heterocycles. The van der Waals surface area contributed by atoms with Crippen molar-refractivity contribution in [1.82, 2.24) is 18.7 Å². The van der Waals surface area contributed by atoms with E-state index < -0.39 is 5.41 Å². The van der Waals surface area contributed by atoms with Gasteiger partial charge in [0.15, 0.2) is 0 Å². The van der Waals surface area contributed by atoms with E-state index in [1.54, 1.807) is 0 Å². The molecule has 3 aromatic heterocycles. The van der Waals surface area contributed by atoms with Gasteiger partial charge in [0.1, 0.15) is 11.5 Å². The summed E-state index contributed by atoms with van der Waals surface area (Å²) in [7, 11) is 2.10. The maximum atomic E-state index is 6.74. The molecule has 7 heteroatoms. The smallest absolute Gasteiger partial charge is 0.457 e. The number of fused-ring (bicyclic) bond motifs is 13. The van der Waals surface area contributed by atoms with Crippen molar-refractivity contribution in [2.45, 2.75) is 12.3 Å². The fourth-order valence-electron chi connectivity index (χ4n) is 9.62. The van der Waals surface area contributed by atoms with Gasteiger partial charge in [-0.3, -0.25) is 0 Å². The van der Waals surface area contributed by atoms with Crippen LogP contribution in [-0.2, 0) is 31.8 Å². The van der Waals surface area contributed by atoms with Gasteiger partial charge in [0.2, 0.25) is 0 Å². The minimum atomic E-state index is -0.577. The van der Waals surface area contributed by atoms with Crippen molar-refractivity contribution >= 4 is 32.8 Å². The second kappa shape index (κ2) is 12.4. The monoisotopic (exact) mass is 929 g/mol. The average molecular weight is 930 g/mol. The van der Waals surface area contributed by atoms with E-state index in [1.807, 2.05) is 18.3 Å². The quantitative estimate of drug-likeness (QED) is 0.177. The van der Waals surface area contributed by atoms with Crippen LogP contribution < -0.4 is 9.47 Å². The summed E-state index contributed by atoms with van der Waals surface area (Å²) in [6, 6.07) is 58.2. The zero-order valence-corrected chi connectivity index (χ0v) is 33.9.